The van der Waals surface area contributed by atoms with Gasteiger partial charge in [-0.25, -0.2) is 9.79 Å². The smallest absolute Gasteiger partial charge is 0.338 e. The molecule has 1 aliphatic heterocycles. The van der Waals surface area contributed by atoms with Gasteiger partial charge in [-0.2, -0.15) is 0 Å². The molecule has 2 aromatic carbocycles. The monoisotopic (exact) mass is 535 g/mol. The number of carbonyl (C=O) groups excluding carboxylic acids is 1. The lowest BCUT2D eigenvalue weighted by atomic mass is 9.96. The van der Waals surface area contributed by atoms with Crippen molar-refractivity contribution in [3.05, 3.63) is 101 Å². The van der Waals surface area contributed by atoms with Crippen molar-refractivity contribution in [3.8, 4) is 5.75 Å². The number of ether oxygens (including phenoxy) is 2. The summed E-state index contributed by atoms with van der Waals surface area (Å²) in [7, 11) is 0. The van der Waals surface area contributed by atoms with Crippen LogP contribution < -0.4 is 19.6 Å². The number of fused-ring (bicyclic) bond motifs is 1. The van der Waals surface area contributed by atoms with Gasteiger partial charge in [0.1, 0.15) is 5.75 Å². The number of unbranched alkanes of at least 4 members (excludes halogenated alkanes) is 2. The van der Waals surface area contributed by atoms with Crippen LogP contribution in [-0.2, 0) is 9.53 Å². The van der Waals surface area contributed by atoms with E-state index < -0.39 is 16.9 Å². The highest BCUT2D eigenvalue weighted by atomic mass is 32.1. The van der Waals surface area contributed by atoms with E-state index in [9.17, 15) is 19.7 Å². The molecule has 10 heteroatoms. The van der Waals surface area contributed by atoms with Crippen LogP contribution in [-0.4, -0.2) is 28.7 Å². The van der Waals surface area contributed by atoms with Crippen LogP contribution in [0.25, 0.3) is 6.08 Å². The first-order valence-corrected chi connectivity index (χ1v) is 13.3. The molecule has 1 aromatic heterocycles. The van der Waals surface area contributed by atoms with Crippen molar-refractivity contribution in [2.24, 2.45) is 4.99 Å². The van der Waals surface area contributed by atoms with E-state index in [1.54, 1.807) is 32.1 Å². The number of nitro groups is 1. The van der Waals surface area contributed by atoms with E-state index in [1.165, 1.54) is 28.0 Å². The molecule has 1 aliphatic rings. The van der Waals surface area contributed by atoms with Gasteiger partial charge in [0.25, 0.3) is 11.2 Å². The molecule has 4 rings (SSSR count). The molecule has 1 atom stereocenters. The highest BCUT2D eigenvalue weighted by Crippen LogP contribution is 2.31. The highest BCUT2D eigenvalue weighted by Gasteiger charge is 2.33. The Hall–Kier alpha value is -4.05. The van der Waals surface area contributed by atoms with Crippen LogP contribution in [0.1, 0.15) is 57.2 Å². The zero-order valence-corrected chi connectivity index (χ0v) is 22.3. The third-order valence-electron chi connectivity index (χ3n) is 6.11. The number of carbonyl (C=O) groups is 1. The van der Waals surface area contributed by atoms with Crippen molar-refractivity contribution in [3.63, 3.8) is 0 Å². The normalized spacial score (nSPS) is 15.1. The van der Waals surface area contributed by atoms with Crippen LogP contribution >= 0.6 is 11.3 Å². The van der Waals surface area contributed by atoms with Crippen molar-refractivity contribution < 1.29 is 19.2 Å². The zero-order valence-electron chi connectivity index (χ0n) is 21.5. The van der Waals surface area contributed by atoms with Crippen molar-refractivity contribution in [2.75, 3.05) is 13.2 Å². The topological polar surface area (TPSA) is 113 Å². The van der Waals surface area contributed by atoms with Crippen LogP contribution in [0.4, 0.5) is 5.69 Å². The minimum absolute atomic E-state index is 0.0677. The minimum Gasteiger partial charge on any atom is -0.494 e. The molecule has 1 unspecified atom stereocenters. The number of non-ortho nitro benzene ring substituents is 1. The summed E-state index contributed by atoms with van der Waals surface area (Å²) >= 11 is 1.17. The first-order valence-electron chi connectivity index (χ1n) is 12.5. The summed E-state index contributed by atoms with van der Waals surface area (Å²) in [6, 6.07) is 12.7. The molecule has 0 saturated heterocycles. The Morgan fingerprint density at radius 3 is 2.63 bits per heavy atom. The lowest BCUT2D eigenvalue weighted by Crippen LogP contribution is -2.39. The first-order chi connectivity index (χ1) is 18.3. The van der Waals surface area contributed by atoms with E-state index in [4.69, 9.17) is 9.47 Å². The third kappa shape index (κ3) is 5.75. The van der Waals surface area contributed by atoms with Crippen molar-refractivity contribution in [1.29, 1.82) is 0 Å². The van der Waals surface area contributed by atoms with Crippen LogP contribution in [0, 0.1) is 10.1 Å². The molecule has 0 N–H and O–H groups in total. The fraction of sp³-hybridized carbons (Fsp3) is 0.321. The van der Waals surface area contributed by atoms with E-state index in [-0.39, 0.29) is 23.4 Å². The maximum atomic E-state index is 13.7. The van der Waals surface area contributed by atoms with E-state index in [1.807, 2.05) is 24.3 Å². The first kappa shape index (κ1) is 27.0. The van der Waals surface area contributed by atoms with Gasteiger partial charge < -0.3 is 9.47 Å². The summed E-state index contributed by atoms with van der Waals surface area (Å²) in [5.74, 6) is 0.174. The van der Waals surface area contributed by atoms with Gasteiger partial charge in [0.05, 0.1) is 40.0 Å². The lowest BCUT2D eigenvalue weighted by molar-refractivity contribution is -0.384. The lowest BCUT2D eigenvalue weighted by Gasteiger charge is -2.24. The summed E-state index contributed by atoms with van der Waals surface area (Å²) in [5.41, 5.74) is 1.58. The maximum absolute atomic E-state index is 13.7. The minimum atomic E-state index is -0.744. The number of nitrogens with zero attached hydrogens (tertiary/aromatic N) is 3. The molecular formula is C28H29N3O6S. The van der Waals surface area contributed by atoms with E-state index in [2.05, 4.69) is 11.9 Å². The summed E-state index contributed by atoms with van der Waals surface area (Å²) in [4.78, 5) is 42.4. The number of aromatic nitrogens is 1. The van der Waals surface area contributed by atoms with Crippen molar-refractivity contribution in [2.45, 2.75) is 46.1 Å². The fourth-order valence-electron chi connectivity index (χ4n) is 4.27. The Kier molecular flexibility index (Phi) is 8.52. The molecule has 38 heavy (non-hydrogen) atoms. The Morgan fingerprint density at radius 1 is 1.18 bits per heavy atom. The van der Waals surface area contributed by atoms with E-state index in [0.29, 0.717) is 38.5 Å². The molecule has 3 aromatic rings. The standard InChI is InChI=1S/C28H29N3O6S/c1-4-6-7-15-37-22-13-11-20(12-14-22)25-24(27(33)36-5-2)18(3)29-28-30(25)26(32)23(38-28)17-19-9-8-10-21(16-19)31(34)35/h8-14,16-17,25H,4-7,15H2,1-3H3/b23-17-. The molecule has 2 heterocycles. The van der Waals surface area contributed by atoms with E-state index in [0.717, 1.165) is 19.3 Å². The number of hydrogen-bond donors (Lipinski definition) is 0. The largest absolute Gasteiger partial charge is 0.494 e. The molecular weight excluding hydrogens is 506 g/mol. The fourth-order valence-corrected chi connectivity index (χ4v) is 5.32. The number of benzene rings is 2. The van der Waals surface area contributed by atoms with Crippen LogP contribution in [0.15, 0.2) is 69.6 Å². The van der Waals surface area contributed by atoms with Crippen LogP contribution in [0.5, 0.6) is 5.75 Å². The van der Waals surface area contributed by atoms with Gasteiger partial charge in [-0.05, 0) is 49.6 Å². The van der Waals surface area contributed by atoms with Gasteiger partial charge in [0.15, 0.2) is 4.80 Å². The van der Waals surface area contributed by atoms with Gasteiger partial charge in [-0.3, -0.25) is 19.5 Å². The second-order valence-corrected chi connectivity index (χ2v) is 9.79. The Balaban J connectivity index is 1.80. The summed E-state index contributed by atoms with van der Waals surface area (Å²) in [5, 5.41) is 11.2. The van der Waals surface area contributed by atoms with Crippen molar-refractivity contribution >= 4 is 29.1 Å². The molecule has 9 nitrogen and oxygen atoms in total. The number of hydrogen-bond acceptors (Lipinski definition) is 8. The molecule has 0 amide bonds. The Bertz CT molecular complexity index is 1550. The number of allylic oxidation sites excluding steroid dienone is 1. The number of thiazole rings is 1. The second-order valence-electron chi connectivity index (χ2n) is 8.78. The van der Waals surface area contributed by atoms with Crippen molar-refractivity contribution in [1.82, 2.24) is 4.57 Å². The second kappa shape index (κ2) is 12.0. The highest BCUT2D eigenvalue weighted by molar-refractivity contribution is 7.07. The van der Waals surface area contributed by atoms with Gasteiger partial charge in [0, 0.05) is 12.1 Å². The van der Waals surface area contributed by atoms with Gasteiger partial charge in [-0.1, -0.05) is 55.4 Å². The number of esters is 1. The molecule has 0 bridgehead atoms. The zero-order chi connectivity index (χ0) is 27.2. The Labute approximate surface area is 223 Å². The average Bonchev–Trinajstić information content (AvgIpc) is 3.20. The summed E-state index contributed by atoms with van der Waals surface area (Å²) < 4.78 is 13.0. The molecule has 198 valence electrons. The molecule has 0 radical (unpaired) electrons. The third-order valence-corrected chi connectivity index (χ3v) is 7.09. The van der Waals surface area contributed by atoms with Crippen LogP contribution in [0.2, 0.25) is 0 Å². The number of nitro benzene ring substituents is 1. The predicted molar refractivity (Wildman–Crippen MR) is 145 cm³/mol. The van der Waals surface area contributed by atoms with Gasteiger partial charge in [-0.15, -0.1) is 0 Å². The van der Waals surface area contributed by atoms with E-state index >= 15 is 0 Å². The molecule has 0 spiro atoms. The number of rotatable bonds is 10. The SMILES string of the molecule is CCCCCOc1ccc(C2C(C(=O)OCC)=C(C)N=c3s/c(=C\c4cccc([N+](=O)[O-])c4)c(=O)n32)cc1. The molecule has 0 saturated carbocycles. The summed E-state index contributed by atoms with van der Waals surface area (Å²) in [6.45, 7) is 6.39. The average molecular weight is 536 g/mol. The molecule has 0 aliphatic carbocycles. The molecule has 0 fully saturated rings. The maximum Gasteiger partial charge on any atom is 0.338 e. The van der Waals surface area contributed by atoms with Gasteiger partial charge >= 0.3 is 5.97 Å². The van der Waals surface area contributed by atoms with Gasteiger partial charge in [0.2, 0.25) is 0 Å². The summed E-state index contributed by atoms with van der Waals surface area (Å²) in [6.07, 6.45) is 4.77. The Morgan fingerprint density at radius 2 is 1.95 bits per heavy atom. The quantitative estimate of drug-likeness (QED) is 0.166. The predicted octanol–water partition coefficient (Wildman–Crippen LogP) is 4.28. The van der Waals surface area contributed by atoms with Crippen LogP contribution in [0.3, 0.4) is 0 Å².